The normalized spacial score (nSPS) is 16.9. The van der Waals surface area contributed by atoms with Gasteiger partial charge in [-0.2, -0.15) is 0 Å². The molecule has 0 unspecified atom stereocenters. The lowest BCUT2D eigenvalue weighted by Crippen LogP contribution is -2.38. The average molecular weight is 346 g/mol. The van der Waals surface area contributed by atoms with Crippen molar-refractivity contribution < 1.29 is 9.18 Å². The first-order valence-corrected chi connectivity index (χ1v) is 8.03. The summed E-state index contributed by atoms with van der Waals surface area (Å²) in [5, 5.41) is 2.72. The zero-order valence-electron chi connectivity index (χ0n) is 13.8. The second-order valence-electron chi connectivity index (χ2n) is 6.18. The molecular weight excluding hydrogens is 327 g/mol. The lowest BCUT2D eigenvalue weighted by Gasteiger charge is -2.19. The summed E-state index contributed by atoms with van der Waals surface area (Å²) >= 11 is 0. The molecule has 1 aliphatic heterocycles. The minimum Gasteiger partial charge on any atom is -0.369 e. The summed E-state index contributed by atoms with van der Waals surface area (Å²) in [4.78, 5) is 39.3. The molecule has 8 heteroatoms. The molecule has 0 saturated carbocycles. The van der Waals surface area contributed by atoms with Crippen LogP contribution in [0.1, 0.15) is 16.8 Å². The lowest BCUT2D eigenvalue weighted by molar-refractivity contribution is 0.0945. The summed E-state index contributed by atoms with van der Waals surface area (Å²) in [7, 11) is 1.46. The summed E-state index contributed by atoms with van der Waals surface area (Å²) in [6, 6.07) is 6.60. The molecule has 1 aliphatic rings. The van der Waals surface area contributed by atoms with Crippen molar-refractivity contribution in [2.24, 2.45) is 13.0 Å². The number of carbonyl (C=O) groups is 1. The van der Waals surface area contributed by atoms with Crippen molar-refractivity contribution in [1.29, 1.82) is 0 Å². The maximum Gasteiger partial charge on any atom is 0.328 e. The quantitative estimate of drug-likeness (QED) is 0.842. The van der Waals surface area contributed by atoms with E-state index in [2.05, 4.69) is 10.3 Å². The fraction of sp³-hybridized carbons (Fsp3) is 0.353. The summed E-state index contributed by atoms with van der Waals surface area (Å²) in [5.74, 6) is -0.625. The number of aromatic amines is 1. The Balaban J connectivity index is 1.61. The molecule has 1 amide bonds. The fourth-order valence-electron chi connectivity index (χ4n) is 2.98. The van der Waals surface area contributed by atoms with Gasteiger partial charge in [-0.1, -0.05) is 12.1 Å². The van der Waals surface area contributed by atoms with Crippen LogP contribution in [-0.4, -0.2) is 35.1 Å². The van der Waals surface area contributed by atoms with Gasteiger partial charge in [0, 0.05) is 32.9 Å². The van der Waals surface area contributed by atoms with Gasteiger partial charge in [0.15, 0.2) is 0 Å². The maximum atomic E-state index is 13.8. The van der Waals surface area contributed by atoms with Gasteiger partial charge in [0.05, 0.1) is 5.69 Å². The number of halogens is 1. The molecule has 1 fully saturated rings. The Labute approximate surface area is 143 Å². The highest BCUT2D eigenvalue weighted by molar-refractivity contribution is 5.93. The predicted octanol–water partition coefficient (Wildman–Crippen LogP) is 0.469. The predicted molar refractivity (Wildman–Crippen MR) is 91.4 cm³/mol. The van der Waals surface area contributed by atoms with Gasteiger partial charge in [0.1, 0.15) is 11.4 Å². The average Bonchev–Trinajstić information content (AvgIpc) is 3.05. The van der Waals surface area contributed by atoms with Crippen LogP contribution in [0.2, 0.25) is 0 Å². The number of nitrogens with one attached hydrogen (secondary N) is 2. The van der Waals surface area contributed by atoms with Crippen molar-refractivity contribution in [3.05, 3.63) is 62.7 Å². The molecule has 2 N–H and O–H groups in total. The van der Waals surface area contributed by atoms with Crippen molar-refractivity contribution >= 4 is 11.6 Å². The van der Waals surface area contributed by atoms with Gasteiger partial charge in [-0.05, 0) is 24.5 Å². The molecule has 0 spiro atoms. The first-order valence-electron chi connectivity index (χ1n) is 8.03. The summed E-state index contributed by atoms with van der Waals surface area (Å²) < 4.78 is 15.0. The Hall–Kier alpha value is -2.90. The molecule has 132 valence electrons. The van der Waals surface area contributed by atoms with Gasteiger partial charge in [0.2, 0.25) is 0 Å². The highest BCUT2D eigenvalue weighted by Crippen LogP contribution is 2.25. The number of hydrogen-bond acceptors (Lipinski definition) is 4. The minimum absolute atomic E-state index is 0.106. The van der Waals surface area contributed by atoms with E-state index in [1.165, 1.54) is 19.3 Å². The van der Waals surface area contributed by atoms with Gasteiger partial charge < -0.3 is 14.8 Å². The third-order valence-electron chi connectivity index (χ3n) is 4.38. The van der Waals surface area contributed by atoms with E-state index in [1.54, 1.807) is 18.2 Å². The molecule has 3 rings (SSSR count). The third-order valence-corrected chi connectivity index (χ3v) is 4.38. The number of nitrogens with zero attached hydrogens (tertiary/aromatic N) is 2. The summed E-state index contributed by atoms with van der Waals surface area (Å²) in [6.07, 6.45) is 2.04. The van der Waals surface area contributed by atoms with E-state index in [-0.39, 0.29) is 17.3 Å². The standard InChI is InChI=1S/C17H19FN4O3/c1-21-10-12(16(24)20-17(21)25)15(23)19-8-11-6-7-22(9-11)14-5-3-2-4-13(14)18/h2-5,10-11H,6-9H2,1H3,(H,19,23)(H,20,24,25)/t11-/m0/s1. The third kappa shape index (κ3) is 3.62. The van der Waals surface area contributed by atoms with Crippen LogP contribution in [0.15, 0.2) is 40.1 Å². The van der Waals surface area contributed by atoms with Gasteiger partial charge in [-0.3, -0.25) is 14.6 Å². The highest BCUT2D eigenvalue weighted by Gasteiger charge is 2.25. The first-order chi connectivity index (χ1) is 12.0. The molecular formula is C17H19FN4O3. The van der Waals surface area contributed by atoms with Crippen LogP contribution >= 0.6 is 0 Å². The van der Waals surface area contributed by atoms with Crippen LogP contribution in [0.3, 0.4) is 0 Å². The summed E-state index contributed by atoms with van der Waals surface area (Å²) in [5.41, 5.74) is -0.824. The number of rotatable bonds is 4. The lowest BCUT2D eigenvalue weighted by atomic mass is 10.1. The van der Waals surface area contributed by atoms with Crippen molar-refractivity contribution in [2.75, 3.05) is 24.5 Å². The van der Waals surface area contributed by atoms with Crippen molar-refractivity contribution in [2.45, 2.75) is 6.42 Å². The minimum atomic E-state index is -0.708. The SMILES string of the molecule is Cn1cc(C(=O)NC[C@@H]2CCN(c3ccccc3F)C2)c(=O)[nH]c1=O. The van der Waals surface area contributed by atoms with Crippen LogP contribution in [0.25, 0.3) is 0 Å². The first kappa shape index (κ1) is 16.9. The Morgan fingerprint density at radius 1 is 1.36 bits per heavy atom. The van der Waals surface area contributed by atoms with Crippen LogP contribution in [0.4, 0.5) is 10.1 Å². The van der Waals surface area contributed by atoms with Crippen LogP contribution in [0, 0.1) is 11.7 Å². The molecule has 1 saturated heterocycles. The maximum absolute atomic E-state index is 13.8. The monoisotopic (exact) mass is 346 g/mol. The Kier molecular flexibility index (Phi) is 4.69. The van der Waals surface area contributed by atoms with Gasteiger partial charge in [-0.15, -0.1) is 0 Å². The number of benzene rings is 1. The number of H-pyrrole nitrogens is 1. The van der Waals surface area contributed by atoms with Crippen molar-refractivity contribution in [1.82, 2.24) is 14.9 Å². The Morgan fingerprint density at radius 3 is 2.88 bits per heavy atom. The van der Waals surface area contributed by atoms with Crippen LogP contribution in [0.5, 0.6) is 0 Å². The zero-order valence-corrected chi connectivity index (χ0v) is 13.8. The molecule has 2 aromatic rings. The number of anilines is 1. The second-order valence-corrected chi connectivity index (χ2v) is 6.18. The molecule has 0 bridgehead atoms. The van der Waals surface area contributed by atoms with E-state index in [0.717, 1.165) is 11.0 Å². The van der Waals surface area contributed by atoms with Crippen molar-refractivity contribution in [3.8, 4) is 0 Å². The zero-order chi connectivity index (χ0) is 18.0. The van der Waals surface area contributed by atoms with Gasteiger partial charge >= 0.3 is 5.69 Å². The van der Waals surface area contributed by atoms with Gasteiger partial charge in [-0.25, -0.2) is 9.18 Å². The second kappa shape index (κ2) is 6.92. The molecule has 0 radical (unpaired) electrons. The molecule has 2 heterocycles. The molecule has 0 aliphatic carbocycles. The topological polar surface area (TPSA) is 87.2 Å². The molecule has 1 atom stereocenters. The fourth-order valence-corrected chi connectivity index (χ4v) is 2.98. The number of amides is 1. The Morgan fingerprint density at radius 2 is 2.12 bits per heavy atom. The Bertz CT molecular complexity index is 905. The van der Waals surface area contributed by atoms with Gasteiger partial charge in [0.25, 0.3) is 11.5 Å². The van der Waals surface area contributed by atoms with E-state index in [0.29, 0.717) is 25.3 Å². The van der Waals surface area contributed by atoms with Crippen LogP contribution < -0.4 is 21.5 Å². The van der Waals surface area contributed by atoms with E-state index in [4.69, 9.17) is 0 Å². The van der Waals surface area contributed by atoms with E-state index < -0.39 is 17.2 Å². The van der Waals surface area contributed by atoms with E-state index in [9.17, 15) is 18.8 Å². The summed E-state index contributed by atoms with van der Waals surface area (Å²) in [6.45, 7) is 1.72. The number of para-hydroxylation sites is 1. The number of carbonyl (C=O) groups excluding carboxylic acids is 1. The smallest absolute Gasteiger partial charge is 0.328 e. The van der Waals surface area contributed by atoms with Crippen molar-refractivity contribution in [3.63, 3.8) is 0 Å². The molecule has 25 heavy (non-hydrogen) atoms. The van der Waals surface area contributed by atoms with E-state index in [1.807, 2.05) is 4.90 Å². The number of aromatic nitrogens is 2. The molecule has 1 aromatic heterocycles. The number of aryl methyl sites for hydroxylation is 1. The highest BCUT2D eigenvalue weighted by atomic mass is 19.1. The largest absolute Gasteiger partial charge is 0.369 e. The van der Waals surface area contributed by atoms with E-state index >= 15 is 0 Å². The number of hydrogen-bond donors (Lipinski definition) is 2. The van der Waals surface area contributed by atoms with Crippen LogP contribution in [-0.2, 0) is 7.05 Å². The molecule has 1 aromatic carbocycles. The molecule has 7 nitrogen and oxygen atoms in total.